The average Bonchev–Trinajstić information content (AvgIpc) is 2.77. The van der Waals surface area contributed by atoms with Gasteiger partial charge in [0, 0.05) is 23.8 Å². The summed E-state index contributed by atoms with van der Waals surface area (Å²) in [6.45, 7) is 3.66. The summed E-state index contributed by atoms with van der Waals surface area (Å²) in [7, 11) is -3.05. The van der Waals surface area contributed by atoms with E-state index in [1.807, 2.05) is 13.8 Å². The zero-order valence-corrected chi connectivity index (χ0v) is 13.3. The normalized spacial score (nSPS) is 19.9. The number of sulfone groups is 1. The first-order valence-corrected chi connectivity index (χ1v) is 8.87. The van der Waals surface area contributed by atoms with Crippen molar-refractivity contribution in [1.82, 2.24) is 15.6 Å². The Morgan fingerprint density at radius 1 is 1.32 bits per heavy atom. The minimum Gasteiger partial charge on any atom is -0.349 e. The van der Waals surface area contributed by atoms with Crippen LogP contribution in [0, 0.1) is 0 Å². The molecule has 0 radical (unpaired) electrons. The lowest BCUT2D eigenvalue weighted by atomic mass is 10.2. The summed E-state index contributed by atoms with van der Waals surface area (Å²) in [5.41, 5.74) is 0.439. The molecule has 2 N–H and O–H groups in total. The number of hydrogen-bond acceptors (Lipinski definition) is 5. The van der Waals surface area contributed by atoms with Crippen LogP contribution in [0.25, 0.3) is 0 Å². The van der Waals surface area contributed by atoms with E-state index in [0.717, 1.165) is 0 Å². The number of hydrogen-bond donors (Lipinski definition) is 2. The lowest BCUT2D eigenvalue weighted by molar-refractivity contribution is 0.0938. The average molecular weight is 325 g/mol. The van der Waals surface area contributed by atoms with Crippen molar-refractivity contribution >= 4 is 21.7 Å². The van der Waals surface area contributed by atoms with Crippen LogP contribution in [0.1, 0.15) is 41.1 Å². The first-order chi connectivity index (χ1) is 10.3. The number of carbonyl (C=O) groups is 2. The third-order valence-corrected chi connectivity index (χ3v) is 5.01. The molecule has 0 aromatic carbocycles. The molecule has 1 aliphatic rings. The molecule has 1 aliphatic heterocycles. The fourth-order valence-electron chi connectivity index (χ4n) is 2.21. The van der Waals surface area contributed by atoms with E-state index in [9.17, 15) is 18.0 Å². The molecule has 1 aromatic rings. The number of carbonyl (C=O) groups excluding carboxylic acids is 2. The van der Waals surface area contributed by atoms with Crippen molar-refractivity contribution in [3.05, 3.63) is 29.6 Å². The maximum Gasteiger partial charge on any atom is 0.270 e. The second-order valence-corrected chi connectivity index (χ2v) is 7.86. The van der Waals surface area contributed by atoms with E-state index < -0.39 is 15.7 Å². The van der Waals surface area contributed by atoms with Gasteiger partial charge in [-0.15, -0.1) is 0 Å². The van der Waals surface area contributed by atoms with Crippen LogP contribution in [0.15, 0.2) is 18.3 Å². The minimum atomic E-state index is -3.05. The first kappa shape index (κ1) is 16.4. The molecule has 2 amide bonds. The predicted molar refractivity (Wildman–Crippen MR) is 81.4 cm³/mol. The molecule has 2 rings (SSSR count). The van der Waals surface area contributed by atoms with E-state index >= 15 is 0 Å². The standard InChI is InChI=1S/C14H19N3O4S/c1-9(2)16-14(19)12-7-10(3-5-15-12)13(18)17-11-4-6-22(20,21)8-11/h3,5,7,9,11H,4,6,8H2,1-2H3,(H,16,19)(H,17,18). The molecular weight excluding hydrogens is 306 g/mol. The van der Waals surface area contributed by atoms with E-state index in [1.165, 1.54) is 18.3 Å². The lowest BCUT2D eigenvalue weighted by Gasteiger charge is -2.12. The summed E-state index contributed by atoms with van der Waals surface area (Å²) in [6.07, 6.45) is 1.80. The Bertz CT molecular complexity index is 685. The van der Waals surface area contributed by atoms with Gasteiger partial charge in [0.25, 0.3) is 11.8 Å². The molecule has 120 valence electrons. The summed E-state index contributed by atoms with van der Waals surface area (Å²) in [5, 5.41) is 5.38. The molecule has 0 bridgehead atoms. The van der Waals surface area contributed by atoms with Gasteiger partial charge in [-0.2, -0.15) is 0 Å². The van der Waals surface area contributed by atoms with Crippen molar-refractivity contribution < 1.29 is 18.0 Å². The number of nitrogens with one attached hydrogen (secondary N) is 2. The maximum absolute atomic E-state index is 12.1. The third kappa shape index (κ3) is 4.27. The number of amides is 2. The first-order valence-electron chi connectivity index (χ1n) is 7.05. The zero-order chi connectivity index (χ0) is 16.3. The summed E-state index contributed by atoms with van der Waals surface area (Å²) >= 11 is 0. The van der Waals surface area contributed by atoms with E-state index in [-0.39, 0.29) is 40.8 Å². The Morgan fingerprint density at radius 3 is 2.64 bits per heavy atom. The summed E-state index contributed by atoms with van der Waals surface area (Å²) in [6, 6.07) is 2.48. The van der Waals surface area contributed by atoms with Crippen molar-refractivity contribution in [2.45, 2.75) is 32.4 Å². The molecule has 1 unspecified atom stereocenters. The van der Waals surface area contributed by atoms with Gasteiger partial charge >= 0.3 is 0 Å². The Balaban J connectivity index is 2.06. The highest BCUT2D eigenvalue weighted by atomic mass is 32.2. The van der Waals surface area contributed by atoms with Crippen LogP contribution >= 0.6 is 0 Å². The molecule has 22 heavy (non-hydrogen) atoms. The molecule has 1 saturated heterocycles. The van der Waals surface area contributed by atoms with Crippen LogP contribution in [0.5, 0.6) is 0 Å². The molecule has 1 aromatic heterocycles. The van der Waals surface area contributed by atoms with Gasteiger partial charge in [0.05, 0.1) is 11.5 Å². The van der Waals surface area contributed by atoms with Gasteiger partial charge in [-0.05, 0) is 32.4 Å². The summed E-state index contributed by atoms with van der Waals surface area (Å²) < 4.78 is 22.8. The van der Waals surface area contributed by atoms with Crippen LogP contribution in [0.4, 0.5) is 0 Å². The fourth-order valence-corrected chi connectivity index (χ4v) is 3.88. The molecule has 1 fully saturated rings. The molecule has 0 spiro atoms. The number of pyridine rings is 1. The highest BCUT2D eigenvalue weighted by molar-refractivity contribution is 7.91. The van der Waals surface area contributed by atoms with E-state index in [0.29, 0.717) is 6.42 Å². The van der Waals surface area contributed by atoms with E-state index in [4.69, 9.17) is 0 Å². The van der Waals surface area contributed by atoms with Crippen molar-refractivity contribution in [1.29, 1.82) is 0 Å². The van der Waals surface area contributed by atoms with Crippen molar-refractivity contribution in [3.8, 4) is 0 Å². The van der Waals surface area contributed by atoms with Crippen molar-refractivity contribution in [3.63, 3.8) is 0 Å². The van der Waals surface area contributed by atoms with Crippen LogP contribution in [-0.4, -0.2) is 48.8 Å². The minimum absolute atomic E-state index is 0.0320. The number of nitrogens with zero attached hydrogens (tertiary/aromatic N) is 1. The molecule has 8 heteroatoms. The monoisotopic (exact) mass is 325 g/mol. The third-order valence-electron chi connectivity index (χ3n) is 3.24. The smallest absolute Gasteiger partial charge is 0.270 e. The second kappa shape index (κ2) is 6.43. The number of aromatic nitrogens is 1. The van der Waals surface area contributed by atoms with Gasteiger partial charge in [0.2, 0.25) is 0 Å². The summed E-state index contributed by atoms with van der Waals surface area (Å²) in [5.74, 6) is -0.697. The van der Waals surface area contributed by atoms with E-state index in [2.05, 4.69) is 15.6 Å². The highest BCUT2D eigenvalue weighted by Gasteiger charge is 2.29. The van der Waals surface area contributed by atoms with Crippen LogP contribution in [0.3, 0.4) is 0 Å². The van der Waals surface area contributed by atoms with Gasteiger partial charge in [-0.3, -0.25) is 14.6 Å². The van der Waals surface area contributed by atoms with Gasteiger partial charge < -0.3 is 10.6 Å². The maximum atomic E-state index is 12.1. The highest BCUT2D eigenvalue weighted by Crippen LogP contribution is 2.12. The quantitative estimate of drug-likeness (QED) is 0.819. The molecule has 1 atom stereocenters. The SMILES string of the molecule is CC(C)NC(=O)c1cc(C(=O)NC2CCS(=O)(=O)C2)ccn1. The Morgan fingerprint density at radius 2 is 2.05 bits per heavy atom. The summed E-state index contributed by atoms with van der Waals surface area (Å²) in [4.78, 5) is 28.0. The number of rotatable bonds is 4. The van der Waals surface area contributed by atoms with E-state index in [1.54, 1.807) is 0 Å². The lowest BCUT2D eigenvalue weighted by Crippen LogP contribution is -2.36. The van der Waals surface area contributed by atoms with Gasteiger partial charge in [0.1, 0.15) is 5.69 Å². The second-order valence-electron chi connectivity index (χ2n) is 5.63. The van der Waals surface area contributed by atoms with Crippen LogP contribution in [-0.2, 0) is 9.84 Å². The topological polar surface area (TPSA) is 105 Å². The van der Waals surface area contributed by atoms with Gasteiger partial charge in [0.15, 0.2) is 9.84 Å². The van der Waals surface area contributed by atoms with Crippen LogP contribution < -0.4 is 10.6 Å². The fraction of sp³-hybridized carbons (Fsp3) is 0.500. The Kier molecular flexibility index (Phi) is 4.80. The predicted octanol–water partition coefficient (Wildman–Crippen LogP) is 0.137. The van der Waals surface area contributed by atoms with Crippen molar-refractivity contribution in [2.24, 2.45) is 0 Å². The van der Waals surface area contributed by atoms with Crippen LogP contribution in [0.2, 0.25) is 0 Å². The van der Waals surface area contributed by atoms with Gasteiger partial charge in [-0.1, -0.05) is 0 Å². The van der Waals surface area contributed by atoms with Gasteiger partial charge in [-0.25, -0.2) is 8.42 Å². The molecule has 2 heterocycles. The molecular formula is C14H19N3O4S. The molecule has 7 nitrogen and oxygen atoms in total. The largest absolute Gasteiger partial charge is 0.349 e. The van der Waals surface area contributed by atoms with Crippen molar-refractivity contribution in [2.75, 3.05) is 11.5 Å². The Labute approximate surface area is 129 Å². The molecule has 0 aliphatic carbocycles. The zero-order valence-electron chi connectivity index (χ0n) is 12.5. The Hall–Kier alpha value is -1.96. The molecule has 0 saturated carbocycles.